The van der Waals surface area contributed by atoms with E-state index in [2.05, 4.69) is 11.0 Å². The molecule has 0 bridgehead atoms. The van der Waals surface area contributed by atoms with Crippen molar-refractivity contribution >= 4 is 5.69 Å². The van der Waals surface area contributed by atoms with Gasteiger partial charge in [0.1, 0.15) is 5.82 Å². The summed E-state index contributed by atoms with van der Waals surface area (Å²) in [7, 11) is 2.02. The van der Waals surface area contributed by atoms with E-state index >= 15 is 0 Å². The number of nitrogens with zero attached hydrogens (tertiary/aromatic N) is 1. The summed E-state index contributed by atoms with van der Waals surface area (Å²) in [6.07, 6.45) is 0. The van der Waals surface area contributed by atoms with E-state index in [0.29, 0.717) is 0 Å². The molecule has 2 rings (SSSR count). The molecular formula is C16H19FN2. The lowest BCUT2D eigenvalue weighted by Gasteiger charge is -2.17. The number of aryl methyl sites for hydroxylation is 1. The first kappa shape index (κ1) is 13.6. The van der Waals surface area contributed by atoms with Crippen molar-refractivity contribution in [1.29, 1.82) is 0 Å². The highest BCUT2D eigenvalue weighted by molar-refractivity contribution is 5.47. The second kappa shape index (κ2) is 5.85. The van der Waals surface area contributed by atoms with Gasteiger partial charge in [-0.25, -0.2) is 4.39 Å². The number of anilines is 1. The highest BCUT2D eigenvalue weighted by atomic mass is 19.1. The monoisotopic (exact) mass is 258 g/mol. The van der Waals surface area contributed by atoms with Gasteiger partial charge in [-0.15, -0.1) is 0 Å². The molecular weight excluding hydrogens is 239 g/mol. The molecule has 0 spiro atoms. The largest absolute Gasteiger partial charge is 0.399 e. The molecule has 0 atom stereocenters. The maximum atomic E-state index is 13.1. The van der Waals surface area contributed by atoms with Gasteiger partial charge in [-0.1, -0.05) is 24.3 Å². The molecule has 0 aromatic heterocycles. The van der Waals surface area contributed by atoms with E-state index in [1.807, 2.05) is 32.2 Å². The molecule has 19 heavy (non-hydrogen) atoms. The van der Waals surface area contributed by atoms with Gasteiger partial charge in [0.05, 0.1) is 0 Å². The lowest BCUT2D eigenvalue weighted by Crippen LogP contribution is -2.17. The van der Waals surface area contributed by atoms with E-state index in [9.17, 15) is 4.39 Å². The van der Waals surface area contributed by atoms with E-state index in [0.717, 1.165) is 29.9 Å². The fourth-order valence-electron chi connectivity index (χ4n) is 2.15. The van der Waals surface area contributed by atoms with Crippen LogP contribution < -0.4 is 5.73 Å². The Labute approximate surface area is 113 Å². The predicted molar refractivity (Wildman–Crippen MR) is 77.2 cm³/mol. The van der Waals surface area contributed by atoms with Gasteiger partial charge in [-0.3, -0.25) is 4.90 Å². The first-order valence-corrected chi connectivity index (χ1v) is 6.32. The average Bonchev–Trinajstić information content (AvgIpc) is 2.34. The molecule has 0 saturated heterocycles. The van der Waals surface area contributed by atoms with Crippen molar-refractivity contribution < 1.29 is 4.39 Å². The van der Waals surface area contributed by atoms with Gasteiger partial charge in [0.2, 0.25) is 0 Å². The Hall–Kier alpha value is -1.87. The van der Waals surface area contributed by atoms with E-state index in [1.54, 1.807) is 12.1 Å². The molecule has 0 aliphatic heterocycles. The van der Waals surface area contributed by atoms with Gasteiger partial charge in [-0.05, 0) is 48.9 Å². The Kier molecular flexibility index (Phi) is 4.17. The molecule has 100 valence electrons. The third-order valence-electron chi connectivity index (χ3n) is 3.13. The van der Waals surface area contributed by atoms with Gasteiger partial charge in [-0.2, -0.15) is 0 Å². The van der Waals surface area contributed by atoms with Crippen LogP contribution in [-0.2, 0) is 13.1 Å². The summed E-state index contributed by atoms with van der Waals surface area (Å²) < 4.78 is 13.1. The molecule has 0 aliphatic carbocycles. The Morgan fingerprint density at radius 1 is 1.05 bits per heavy atom. The normalized spacial score (nSPS) is 10.9. The van der Waals surface area contributed by atoms with Crippen LogP contribution in [0.25, 0.3) is 0 Å². The van der Waals surface area contributed by atoms with Crippen molar-refractivity contribution in [2.24, 2.45) is 0 Å². The summed E-state index contributed by atoms with van der Waals surface area (Å²) >= 11 is 0. The molecule has 0 unspecified atom stereocenters. The number of benzene rings is 2. The van der Waals surface area contributed by atoms with Gasteiger partial charge in [0, 0.05) is 18.8 Å². The van der Waals surface area contributed by atoms with Crippen LogP contribution in [0, 0.1) is 12.7 Å². The summed E-state index contributed by atoms with van der Waals surface area (Å²) in [5, 5.41) is 0. The first-order chi connectivity index (χ1) is 9.04. The molecule has 3 heteroatoms. The minimum atomic E-state index is -0.186. The minimum Gasteiger partial charge on any atom is -0.399 e. The van der Waals surface area contributed by atoms with Crippen LogP contribution in [-0.4, -0.2) is 11.9 Å². The molecule has 2 N–H and O–H groups in total. The topological polar surface area (TPSA) is 29.3 Å². The van der Waals surface area contributed by atoms with Crippen LogP contribution in [0.2, 0.25) is 0 Å². The number of halogens is 1. The number of rotatable bonds is 4. The summed E-state index contributed by atoms with van der Waals surface area (Å²) in [6, 6.07) is 12.8. The molecule has 2 aromatic rings. The zero-order valence-electron chi connectivity index (χ0n) is 11.4. The minimum absolute atomic E-state index is 0.186. The number of hydrogen-bond donors (Lipinski definition) is 1. The second-order valence-electron chi connectivity index (χ2n) is 4.99. The van der Waals surface area contributed by atoms with Crippen molar-refractivity contribution in [3.8, 4) is 0 Å². The molecule has 0 fully saturated rings. The third kappa shape index (κ3) is 3.80. The standard InChI is InChI=1S/C16H19FN2/c1-12-8-14(6-7-16(12)18)11-19(2)10-13-4-3-5-15(17)9-13/h3-9H,10-11,18H2,1-2H3. The highest BCUT2D eigenvalue weighted by Crippen LogP contribution is 2.15. The Balaban J connectivity index is 2.01. The van der Waals surface area contributed by atoms with Crippen LogP contribution in [0.3, 0.4) is 0 Å². The molecule has 0 heterocycles. The van der Waals surface area contributed by atoms with Crippen LogP contribution in [0.1, 0.15) is 16.7 Å². The van der Waals surface area contributed by atoms with Crippen molar-refractivity contribution in [1.82, 2.24) is 4.90 Å². The van der Waals surface area contributed by atoms with Gasteiger partial charge in [0.25, 0.3) is 0 Å². The summed E-state index contributed by atoms with van der Waals surface area (Å²) in [4.78, 5) is 2.15. The van der Waals surface area contributed by atoms with E-state index in [1.165, 1.54) is 11.6 Å². The highest BCUT2D eigenvalue weighted by Gasteiger charge is 2.04. The van der Waals surface area contributed by atoms with Crippen LogP contribution in [0.5, 0.6) is 0 Å². The molecule has 0 amide bonds. The average molecular weight is 258 g/mol. The third-order valence-corrected chi connectivity index (χ3v) is 3.13. The van der Waals surface area contributed by atoms with E-state index in [4.69, 9.17) is 5.73 Å². The van der Waals surface area contributed by atoms with Crippen LogP contribution in [0.4, 0.5) is 10.1 Å². The number of nitrogen functional groups attached to an aromatic ring is 1. The number of nitrogens with two attached hydrogens (primary N) is 1. The maximum absolute atomic E-state index is 13.1. The Morgan fingerprint density at radius 2 is 1.74 bits per heavy atom. The summed E-state index contributed by atoms with van der Waals surface area (Å²) in [5.41, 5.74) is 9.91. The fraction of sp³-hybridized carbons (Fsp3) is 0.250. The van der Waals surface area contributed by atoms with Crippen LogP contribution >= 0.6 is 0 Å². The number of hydrogen-bond acceptors (Lipinski definition) is 2. The van der Waals surface area contributed by atoms with E-state index < -0.39 is 0 Å². The van der Waals surface area contributed by atoms with E-state index in [-0.39, 0.29) is 5.82 Å². The van der Waals surface area contributed by atoms with Gasteiger partial charge in [0.15, 0.2) is 0 Å². The predicted octanol–water partition coefficient (Wildman–Crippen LogP) is 3.35. The van der Waals surface area contributed by atoms with Gasteiger partial charge < -0.3 is 5.73 Å². The van der Waals surface area contributed by atoms with Gasteiger partial charge >= 0.3 is 0 Å². The quantitative estimate of drug-likeness (QED) is 0.852. The molecule has 0 radical (unpaired) electrons. The zero-order chi connectivity index (χ0) is 13.8. The molecule has 2 nitrogen and oxygen atoms in total. The SMILES string of the molecule is Cc1cc(CN(C)Cc2cccc(F)c2)ccc1N. The molecule has 0 saturated carbocycles. The Bertz CT molecular complexity index is 566. The van der Waals surface area contributed by atoms with Crippen molar-refractivity contribution in [3.05, 3.63) is 65.0 Å². The fourth-order valence-corrected chi connectivity index (χ4v) is 2.15. The zero-order valence-corrected chi connectivity index (χ0v) is 11.4. The first-order valence-electron chi connectivity index (χ1n) is 6.32. The maximum Gasteiger partial charge on any atom is 0.123 e. The van der Waals surface area contributed by atoms with Crippen molar-refractivity contribution in [3.63, 3.8) is 0 Å². The van der Waals surface area contributed by atoms with Crippen LogP contribution in [0.15, 0.2) is 42.5 Å². The lowest BCUT2D eigenvalue weighted by atomic mass is 10.1. The summed E-state index contributed by atoms with van der Waals surface area (Å²) in [6.45, 7) is 3.55. The lowest BCUT2D eigenvalue weighted by molar-refractivity contribution is 0.318. The van der Waals surface area contributed by atoms with Crippen molar-refractivity contribution in [2.75, 3.05) is 12.8 Å². The molecule has 0 aliphatic rings. The Morgan fingerprint density at radius 3 is 2.37 bits per heavy atom. The summed E-state index contributed by atoms with van der Waals surface area (Å²) in [5.74, 6) is -0.186. The van der Waals surface area contributed by atoms with Crippen molar-refractivity contribution in [2.45, 2.75) is 20.0 Å². The smallest absolute Gasteiger partial charge is 0.123 e. The second-order valence-corrected chi connectivity index (χ2v) is 4.99. The molecule has 2 aromatic carbocycles.